The molecule has 0 amide bonds. The molecular formula is C131H86Ir4N4P4Si2-4. The first-order valence-electron chi connectivity index (χ1n) is 48.2. The molecule has 0 saturated heterocycles. The van der Waals surface area contributed by atoms with Crippen LogP contribution in [-0.2, 0) is 96.7 Å². The minimum Gasteiger partial charge on any atom is -0.256 e. The largest absolute Gasteiger partial charge is 0.256 e. The molecule has 18 aromatic carbocycles. The second-order valence-corrected chi connectivity index (χ2v) is 52.2. The fraction of sp³-hybridized carbons (Fsp3) is 0.0229. The Morgan fingerprint density at radius 1 is 0.200 bits per heavy atom. The molecule has 145 heavy (non-hydrogen) atoms. The van der Waals surface area contributed by atoms with Gasteiger partial charge in [-0.2, -0.15) is 97.1 Å². The molecule has 698 valence electrons. The van der Waals surface area contributed by atoms with E-state index in [0.717, 1.165) is 0 Å². The zero-order chi connectivity index (χ0) is 93.2. The summed E-state index contributed by atoms with van der Waals surface area (Å²) >= 11 is 0. The predicted molar refractivity (Wildman–Crippen MR) is 598 cm³/mol. The summed E-state index contributed by atoms with van der Waals surface area (Å²) in [6, 6.07) is 197. The molecule has 25 aromatic rings. The van der Waals surface area contributed by atoms with E-state index in [1.165, 1.54) is 204 Å². The molecule has 0 saturated carbocycles. The summed E-state index contributed by atoms with van der Waals surface area (Å²) in [5, 5.41) is 32.9. The number of fused-ring (bicyclic) bond motifs is 19. The van der Waals surface area contributed by atoms with E-state index in [2.05, 4.69) is 516 Å². The minimum absolute atomic E-state index is 0. The summed E-state index contributed by atoms with van der Waals surface area (Å²) in [6.07, 6.45) is 7.84. The van der Waals surface area contributed by atoms with Gasteiger partial charge in [-0.1, -0.05) is 439 Å². The van der Waals surface area contributed by atoms with Crippen LogP contribution in [0.4, 0.5) is 0 Å². The fourth-order valence-electron chi connectivity index (χ4n) is 25.0. The van der Waals surface area contributed by atoms with E-state index >= 15 is 0 Å². The molecule has 7 aromatic heterocycles. The van der Waals surface area contributed by atoms with Gasteiger partial charge >= 0.3 is 0 Å². The third kappa shape index (κ3) is 14.2. The quantitative estimate of drug-likeness (QED) is 0.0778. The Labute approximate surface area is 904 Å². The van der Waals surface area contributed by atoms with Crippen LogP contribution >= 0.6 is 30.5 Å². The molecule has 0 bridgehead atoms. The second-order valence-electron chi connectivity index (χ2n) is 36.8. The van der Waals surface area contributed by atoms with Crippen LogP contribution in [-0.4, -0.2) is 36.1 Å². The maximum absolute atomic E-state index is 5.33. The van der Waals surface area contributed by atoms with Crippen LogP contribution in [0.2, 0.25) is 0 Å². The van der Waals surface area contributed by atoms with Crippen molar-refractivity contribution in [2.24, 2.45) is 0 Å². The Balaban J connectivity index is 0.000000107. The molecule has 5 aliphatic rings. The zero-order valence-corrected chi connectivity index (χ0v) is 93.2. The molecular weight excluding hydrogens is 2580 g/mol. The number of nitrogens with zero attached hydrogens (tertiary/aromatic N) is 4. The van der Waals surface area contributed by atoms with Crippen LogP contribution in [0.25, 0.3) is 79.3 Å². The van der Waals surface area contributed by atoms with Crippen molar-refractivity contribution in [3.63, 3.8) is 0 Å². The van der Waals surface area contributed by atoms with E-state index in [1.54, 1.807) is 0 Å². The Morgan fingerprint density at radius 3 is 1.00 bits per heavy atom. The topological polar surface area (TPSA) is 51.6 Å². The van der Waals surface area contributed by atoms with E-state index in [1.807, 2.05) is 30.9 Å². The summed E-state index contributed by atoms with van der Waals surface area (Å²) in [7, 11) is -8.39. The molecule has 14 heteroatoms. The average molecular weight is 2670 g/mol. The van der Waals surface area contributed by atoms with Crippen molar-refractivity contribution in [3.8, 4) is 16.0 Å². The standard InChI is InChI=1S/C42H29NPSi.2C30H19NP.C29H19NPSi.4Ir/c1-5-17-31(18-6-1)42(32-19-7-2-8-20-32)35-25-13-14-27-37(35)44-40-36(42)26-15-28-38(40)45(33-21-9-3-10-22-33,34-23-11-4-12-24-34)39-29-16-30-43-41(39)44;1-3-11-21(12-4-1)30(22-13-5-2-6-14-22)25-17-7-8-19-27(25)32-28-23(15-9-18-26(28)30)24-16-10-20-31-29(24)32;1-3-11-21(12-4-1)30(22-13-5-2-6-14-22)25-17-9-16-24-23-15-7-8-19-27(23)32(28(24)25)29-26(30)18-10-20-31-29;1-3-11-21(12-4-1)32(22-13-5-2-6-14-22)26-18-8-7-17-25(26)31-28-23(15-9-19-27(28)32)24-16-10-20-30-29(24)31;;;;/h1-26,28-30H;2*1-18,20H;1-16,18-20H;;;;/q4*-1;;;;. The summed E-state index contributed by atoms with van der Waals surface area (Å²) in [5.74, 6) is 0. The smallest absolute Gasteiger partial charge is 0.182 e. The van der Waals surface area contributed by atoms with Gasteiger partial charge < -0.3 is 0 Å². The van der Waals surface area contributed by atoms with E-state index in [9.17, 15) is 0 Å². The molecule has 0 aliphatic carbocycles. The SMILES string of the molecule is [Ir].[Ir].[Ir].[Ir].[c-]1cccc2c1-p1c3ncccc3c3cccc(c31)C2(c1ccccc1)c1ccccc1.[c-]1cccc2c1-p1c3ncccc3c3cccc(c31)[Si]2(c1ccccc1)c1ccccc1.[c-]1cccc2c1P1c3ncccc3[Si](c3ccccc3)(c3ccccc3)c3cccc(c31)C2(c1ccccc1)c1ccccc1.[c-]1cccc2c3cccc4c3p(c12)-c1ncccc1C4(c1ccccc1)c1ccccc1. The summed E-state index contributed by atoms with van der Waals surface area (Å²) in [4.78, 5) is 20.2. The van der Waals surface area contributed by atoms with Gasteiger partial charge in [-0.15, -0.1) is 42.7 Å². The van der Waals surface area contributed by atoms with Crippen LogP contribution in [0, 0.1) is 24.3 Å². The van der Waals surface area contributed by atoms with Gasteiger partial charge in [0, 0.05) is 143 Å². The fourth-order valence-corrected chi connectivity index (χ4v) is 49.0. The average Bonchev–Trinajstić information content (AvgIpc) is 1.46. The third-order valence-corrected chi connectivity index (χ3v) is 50.9. The molecule has 4 nitrogen and oxygen atoms in total. The summed E-state index contributed by atoms with van der Waals surface area (Å²) < 4.78 is 0. The summed E-state index contributed by atoms with van der Waals surface area (Å²) in [6.45, 7) is 0. The van der Waals surface area contributed by atoms with Crippen LogP contribution in [0.15, 0.2) is 522 Å². The predicted octanol–water partition coefficient (Wildman–Crippen LogP) is 25.6. The molecule has 4 unspecified atom stereocenters. The van der Waals surface area contributed by atoms with Crippen molar-refractivity contribution < 1.29 is 80.4 Å². The van der Waals surface area contributed by atoms with Crippen LogP contribution in [0.5, 0.6) is 0 Å². The minimum atomic E-state index is -2.78. The van der Waals surface area contributed by atoms with Gasteiger partial charge in [0.05, 0.1) is 26.8 Å². The molecule has 4 atom stereocenters. The first kappa shape index (κ1) is 95.4. The van der Waals surface area contributed by atoms with Crippen molar-refractivity contribution >= 4 is 167 Å². The van der Waals surface area contributed by atoms with E-state index in [4.69, 9.17) is 19.9 Å². The molecule has 5 aliphatic heterocycles. The van der Waals surface area contributed by atoms with Crippen molar-refractivity contribution in [1.29, 1.82) is 0 Å². The van der Waals surface area contributed by atoms with Crippen molar-refractivity contribution in [2.75, 3.05) is 0 Å². The summed E-state index contributed by atoms with van der Waals surface area (Å²) in [5.41, 5.74) is 16.9. The number of hydrogen-bond donors (Lipinski definition) is 0. The normalized spacial score (nSPS) is 14.7. The molecule has 30 rings (SSSR count). The van der Waals surface area contributed by atoms with Gasteiger partial charge in [0.25, 0.3) is 0 Å². The van der Waals surface area contributed by atoms with Crippen LogP contribution in [0.1, 0.15) is 66.8 Å². The maximum Gasteiger partial charge on any atom is 0.182 e. The molecule has 0 spiro atoms. The number of pyridine rings is 4. The zero-order valence-electron chi connectivity index (χ0n) is 78.1. The number of rotatable bonds is 10. The van der Waals surface area contributed by atoms with Gasteiger partial charge in [-0.05, 0) is 129 Å². The van der Waals surface area contributed by atoms with E-state index < -0.39 is 57.5 Å². The van der Waals surface area contributed by atoms with Crippen molar-refractivity contribution in [1.82, 2.24) is 19.9 Å². The van der Waals surface area contributed by atoms with Gasteiger partial charge in [-0.3, -0.25) is 19.9 Å². The van der Waals surface area contributed by atoms with Gasteiger partial charge in [0.15, 0.2) is 8.07 Å². The number of aromatic nitrogens is 4. The van der Waals surface area contributed by atoms with Gasteiger partial charge in [0.1, 0.15) is 8.07 Å². The van der Waals surface area contributed by atoms with Crippen LogP contribution < -0.4 is 57.5 Å². The Morgan fingerprint density at radius 2 is 0.503 bits per heavy atom. The Kier molecular flexibility index (Phi) is 25.9. The third-order valence-electron chi connectivity index (χ3n) is 30.2. The monoisotopic (exact) mass is 2670 g/mol. The van der Waals surface area contributed by atoms with Gasteiger partial charge in [-0.25, -0.2) is 0 Å². The first-order chi connectivity index (χ1) is 70.1. The van der Waals surface area contributed by atoms with Crippen molar-refractivity contribution in [3.05, 3.63) is 613 Å². The van der Waals surface area contributed by atoms with E-state index in [-0.39, 0.29) is 85.8 Å². The molecule has 0 fully saturated rings. The maximum atomic E-state index is 5.33. The Bertz CT molecular complexity index is 8210. The molecule has 0 N–H and O–H groups in total. The second kappa shape index (κ2) is 39.4. The van der Waals surface area contributed by atoms with Crippen LogP contribution in [0.3, 0.4) is 0 Å². The Hall–Kier alpha value is -13.1. The van der Waals surface area contributed by atoms with Crippen molar-refractivity contribution in [2.45, 2.75) is 16.2 Å². The first-order valence-corrected chi connectivity index (χ1v) is 57.6. The number of benzene rings is 18. The molecule has 12 heterocycles. The van der Waals surface area contributed by atoms with Gasteiger partial charge in [0.2, 0.25) is 0 Å². The van der Waals surface area contributed by atoms with E-state index in [0.29, 0.717) is 0 Å². The molecule has 4 radical (unpaired) electrons. The number of hydrogen-bond acceptors (Lipinski definition) is 4.